The number of rotatable bonds is 12. The molecule has 11 nitrogen and oxygen atoms in total. The predicted molar refractivity (Wildman–Crippen MR) is 130 cm³/mol. The zero-order valence-corrected chi connectivity index (χ0v) is 20.4. The number of hydrogen-bond donors (Lipinski definition) is 7. The number of amides is 3. The molecule has 35 heavy (non-hydrogen) atoms. The third-order valence-corrected chi connectivity index (χ3v) is 5.53. The number of fused-ring (bicyclic) bond motifs is 1. The van der Waals surface area contributed by atoms with Crippen LogP contribution in [0.2, 0.25) is 0 Å². The summed E-state index contributed by atoms with van der Waals surface area (Å²) in [6.07, 6.45) is 0.696. The standard InChI is InChI=1S/C24H35N5O6/c1-12(2)9-18(27-23(33)20(14(4)30)29-21(31)13(3)25)22(32)28-19(24(34)35)10-15-11-26-17-8-6-5-7-16(15)17/h5-8,11-14,18-20,26,30H,9-10,25H2,1-4H3,(H,27,33)(H,28,32)(H,29,31)(H,34,35). The monoisotopic (exact) mass is 489 g/mol. The lowest BCUT2D eigenvalue weighted by molar-refractivity contribution is -0.142. The summed E-state index contributed by atoms with van der Waals surface area (Å²) in [5.41, 5.74) is 7.10. The van der Waals surface area contributed by atoms with Gasteiger partial charge in [-0.15, -0.1) is 0 Å². The Bertz CT molecular complexity index is 1050. The van der Waals surface area contributed by atoms with E-state index in [1.54, 1.807) is 6.20 Å². The first-order chi connectivity index (χ1) is 16.4. The molecule has 1 heterocycles. The summed E-state index contributed by atoms with van der Waals surface area (Å²) in [7, 11) is 0. The minimum Gasteiger partial charge on any atom is -0.480 e. The van der Waals surface area contributed by atoms with Gasteiger partial charge < -0.3 is 36.9 Å². The number of aromatic amines is 1. The van der Waals surface area contributed by atoms with E-state index in [2.05, 4.69) is 20.9 Å². The molecule has 8 N–H and O–H groups in total. The molecular weight excluding hydrogens is 454 g/mol. The average molecular weight is 490 g/mol. The fraction of sp³-hybridized carbons (Fsp3) is 0.500. The minimum atomic E-state index is -1.34. The van der Waals surface area contributed by atoms with Gasteiger partial charge in [-0.3, -0.25) is 14.4 Å². The molecule has 11 heteroatoms. The number of nitrogens with two attached hydrogens (primary N) is 1. The Morgan fingerprint density at radius 2 is 1.57 bits per heavy atom. The molecule has 1 aromatic heterocycles. The molecule has 0 radical (unpaired) electrons. The number of para-hydroxylation sites is 1. The number of nitrogens with one attached hydrogen (secondary N) is 4. The molecule has 2 rings (SSSR count). The van der Waals surface area contributed by atoms with Gasteiger partial charge in [0.15, 0.2) is 0 Å². The number of aliphatic carboxylic acids is 1. The van der Waals surface area contributed by atoms with Gasteiger partial charge in [0.05, 0.1) is 12.1 Å². The van der Waals surface area contributed by atoms with Crippen molar-refractivity contribution in [3.63, 3.8) is 0 Å². The average Bonchev–Trinajstić information content (AvgIpc) is 3.18. The number of carboxylic acid groups (broad SMARTS) is 1. The van der Waals surface area contributed by atoms with Crippen LogP contribution in [0.25, 0.3) is 10.9 Å². The van der Waals surface area contributed by atoms with Crippen molar-refractivity contribution in [2.45, 2.75) is 70.8 Å². The number of aliphatic hydroxyl groups is 1. The van der Waals surface area contributed by atoms with Crippen molar-refractivity contribution >= 4 is 34.6 Å². The van der Waals surface area contributed by atoms with Gasteiger partial charge in [0.1, 0.15) is 18.1 Å². The fourth-order valence-electron chi connectivity index (χ4n) is 3.65. The summed E-state index contributed by atoms with van der Waals surface area (Å²) >= 11 is 0. The van der Waals surface area contributed by atoms with Crippen LogP contribution in [0.4, 0.5) is 0 Å². The van der Waals surface area contributed by atoms with Gasteiger partial charge in [0, 0.05) is 23.5 Å². The second-order valence-electron chi connectivity index (χ2n) is 9.17. The predicted octanol–water partition coefficient (Wildman–Crippen LogP) is 0.0235. The van der Waals surface area contributed by atoms with Crippen molar-refractivity contribution in [3.05, 3.63) is 36.0 Å². The number of aromatic nitrogens is 1. The van der Waals surface area contributed by atoms with Crippen LogP contribution in [0.3, 0.4) is 0 Å². The van der Waals surface area contributed by atoms with Crippen LogP contribution < -0.4 is 21.7 Å². The van der Waals surface area contributed by atoms with Crippen LogP contribution in [0.15, 0.2) is 30.5 Å². The SMILES string of the molecule is CC(C)CC(NC(=O)C(NC(=O)C(C)N)C(C)O)C(=O)NC(Cc1c[nH]c2ccccc12)C(=O)O. The molecule has 0 aliphatic heterocycles. The van der Waals surface area contributed by atoms with Crippen molar-refractivity contribution in [2.75, 3.05) is 0 Å². The van der Waals surface area contributed by atoms with Crippen LogP contribution in [-0.2, 0) is 25.6 Å². The second kappa shape index (κ2) is 12.3. The number of carboxylic acids is 1. The maximum absolute atomic E-state index is 13.1. The van der Waals surface area contributed by atoms with E-state index in [9.17, 15) is 29.4 Å². The van der Waals surface area contributed by atoms with Crippen LogP contribution in [0, 0.1) is 5.92 Å². The number of H-pyrrole nitrogens is 1. The zero-order chi connectivity index (χ0) is 26.3. The van der Waals surface area contributed by atoms with E-state index in [1.165, 1.54) is 13.8 Å². The molecule has 0 aliphatic carbocycles. The molecule has 0 saturated heterocycles. The molecule has 0 saturated carbocycles. The molecule has 5 atom stereocenters. The van der Waals surface area contributed by atoms with Gasteiger partial charge in [-0.2, -0.15) is 0 Å². The lowest BCUT2D eigenvalue weighted by Crippen LogP contribution is -2.59. The van der Waals surface area contributed by atoms with E-state index in [-0.39, 0.29) is 18.8 Å². The Hall–Kier alpha value is -3.44. The number of aliphatic hydroxyl groups excluding tert-OH is 1. The molecule has 3 amide bonds. The minimum absolute atomic E-state index is 0.0217. The van der Waals surface area contributed by atoms with Crippen LogP contribution in [0.1, 0.15) is 39.7 Å². The molecule has 0 spiro atoms. The van der Waals surface area contributed by atoms with Crippen molar-refractivity contribution in [1.82, 2.24) is 20.9 Å². The maximum atomic E-state index is 13.1. The third-order valence-electron chi connectivity index (χ3n) is 5.53. The highest BCUT2D eigenvalue weighted by molar-refractivity contribution is 5.94. The first kappa shape index (κ1) is 27.8. The summed E-state index contributed by atoms with van der Waals surface area (Å²) in [5.74, 6) is -3.34. The number of carbonyl (C=O) groups excluding carboxylic acids is 3. The van der Waals surface area contributed by atoms with Gasteiger partial charge in [-0.1, -0.05) is 32.0 Å². The Morgan fingerprint density at radius 1 is 0.943 bits per heavy atom. The quantitative estimate of drug-likeness (QED) is 0.219. The zero-order valence-electron chi connectivity index (χ0n) is 20.4. The Labute approximate surface area is 203 Å². The largest absolute Gasteiger partial charge is 0.480 e. The normalized spacial score (nSPS) is 15.6. The van der Waals surface area contributed by atoms with Gasteiger partial charge in [-0.05, 0) is 37.8 Å². The fourth-order valence-corrected chi connectivity index (χ4v) is 3.65. The molecule has 0 aliphatic rings. The summed E-state index contributed by atoms with van der Waals surface area (Å²) in [4.78, 5) is 52.9. The van der Waals surface area contributed by atoms with Crippen LogP contribution in [-0.4, -0.2) is 69.2 Å². The summed E-state index contributed by atoms with van der Waals surface area (Å²) in [6, 6.07) is 2.86. The maximum Gasteiger partial charge on any atom is 0.326 e. The number of hydrogen-bond acceptors (Lipinski definition) is 6. The third kappa shape index (κ3) is 7.79. The Kier molecular flexibility index (Phi) is 9.78. The number of carbonyl (C=O) groups is 4. The summed E-state index contributed by atoms with van der Waals surface area (Å²) in [6.45, 7) is 6.44. The highest BCUT2D eigenvalue weighted by Crippen LogP contribution is 2.19. The van der Waals surface area contributed by atoms with Gasteiger partial charge in [0.2, 0.25) is 17.7 Å². The topological polar surface area (TPSA) is 187 Å². The molecule has 1 aromatic carbocycles. The highest BCUT2D eigenvalue weighted by Gasteiger charge is 2.32. The van der Waals surface area contributed by atoms with Crippen molar-refractivity contribution in [2.24, 2.45) is 11.7 Å². The lowest BCUT2D eigenvalue weighted by Gasteiger charge is -2.27. The molecule has 0 fully saturated rings. The number of benzene rings is 1. The second-order valence-corrected chi connectivity index (χ2v) is 9.17. The lowest BCUT2D eigenvalue weighted by atomic mass is 10.0. The van der Waals surface area contributed by atoms with Crippen molar-refractivity contribution in [1.29, 1.82) is 0 Å². The first-order valence-corrected chi connectivity index (χ1v) is 11.5. The Balaban J connectivity index is 2.18. The van der Waals surface area contributed by atoms with E-state index in [1.807, 2.05) is 38.1 Å². The van der Waals surface area contributed by atoms with Gasteiger partial charge in [0.25, 0.3) is 0 Å². The first-order valence-electron chi connectivity index (χ1n) is 11.5. The van der Waals surface area contributed by atoms with E-state index >= 15 is 0 Å². The van der Waals surface area contributed by atoms with Crippen LogP contribution >= 0.6 is 0 Å². The molecule has 2 aromatic rings. The van der Waals surface area contributed by atoms with E-state index < -0.39 is 54.0 Å². The molecule has 5 unspecified atom stereocenters. The summed E-state index contributed by atoms with van der Waals surface area (Å²) in [5, 5.41) is 28.0. The van der Waals surface area contributed by atoms with Crippen molar-refractivity contribution in [3.8, 4) is 0 Å². The van der Waals surface area contributed by atoms with Gasteiger partial charge in [-0.25, -0.2) is 4.79 Å². The van der Waals surface area contributed by atoms with E-state index in [0.717, 1.165) is 16.5 Å². The van der Waals surface area contributed by atoms with Crippen LogP contribution in [0.5, 0.6) is 0 Å². The van der Waals surface area contributed by atoms with E-state index in [4.69, 9.17) is 5.73 Å². The van der Waals surface area contributed by atoms with Gasteiger partial charge >= 0.3 is 5.97 Å². The van der Waals surface area contributed by atoms with Crippen molar-refractivity contribution < 1.29 is 29.4 Å². The highest BCUT2D eigenvalue weighted by atomic mass is 16.4. The summed E-state index contributed by atoms with van der Waals surface area (Å²) < 4.78 is 0. The molecule has 192 valence electrons. The molecular formula is C24H35N5O6. The smallest absolute Gasteiger partial charge is 0.326 e. The Morgan fingerprint density at radius 3 is 2.14 bits per heavy atom. The van der Waals surface area contributed by atoms with E-state index in [0.29, 0.717) is 0 Å². The molecule has 0 bridgehead atoms.